The average molecular weight is 534 g/mol. The number of carbonyl (C=O) groups is 1. The molecule has 0 bridgehead atoms. The van der Waals surface area contributed by atoms with Crippen molar-refractivity contribution in [3.05, 3.63) is 69.1 Å². The second-order valence-electron chi connectivity index (χ2n) is 8.30. The van der Waals surface area contributed by atoms with Crippen LogP contribution in [0.2, 0.25) is 0 Å². The van der Waals surface area contributed by atoms with Crippen LogP contribution in [0.15, 0.2) is 41.2 Å². The van der Waals surface area contributed by atoms with Crippen LogP contribution in [0.5, 0.6) is 11.8 Å². The van der Waals surface area contributed by atoms with Gasteiger partial charge < -0.3 is 24.1 Å². The van der Waals surface area contributed by atoms with Crippen LogP contribution in [0.1, 0.15) is 34.1 Å². The fourth-order valence-electron chi connectivity index (χ4n) is 4.25. The summed E-state index contributed by atoms with van der Waals surface area (Å²) < 4.78 is 50.4. The van der Waals surface area contributed by atoms with E-state index in [1.54, 1.807) is 24.0 Å². The number of methoxy groups -OCH3 is 2. The summed E-state index contributed by atoms with van der Waals surface area (Å²) in [5.74, 6) is 0.128. The van der Waals surface area contributed by atoms with Gasteiger partial charge in [-0.1, -0.05) is 0 Å². The Balaban J connectivity index is 1.68. The van der Waals surface area contributed by atoms with Crippen LogP contribution in [0, 0.1) is 0 Å². The van der Waals surface area contributed by atoms with Crippen LogP contribution < -0.4 is 24.8 Å². The Labute approximate surface area is 216 Å². The SMILES string of the molecule is CCN(c1ccc(C(F)(F)F)cc1)c1nc2c(c(=O)n1OC)CN(C(=O)c1ccc(OC)nc1OC)CC2. The number of alkyl halides is 3. The molecule has 0 fully saturated rings. The van der Waals surface area contributed by atoms with Crippen LogP contribution in [0.3, 0.4) is 0 Å². The number of amides is 1. The molecule has 0 aliphatic carbocycles. The molecule has 1 aliphatic heterocycles. The minimum absolute atomic E-state index is 0.0226. The highest BCUT2D eigenvalue weighted by molar-refractivity contribution is 5.96. The average Bonchev–Trinajstić information content (AvgIpc) is 2.92. The van der Waals surface area contributed by atoms with Gasteiger partial charge in [-0.3, -0.25) is 9.59 Å². The summed E-state index contributed by atoms with van der Waals surface area (Å²) in [7, 11) is 4.13. The number of nitrogens with zero attached hydrogens (tertiary/aromatic N) is 5. The van der Waals surface area contributed by atoms with Gasteiger partial charge in [0.2, 0.25) is 17.7 Å². The van der Waals surface area contributed by atoms with Crippen molar-refractivity contribution in [3.63, 3.8) is 0 Å². The third kappa shape index (κ3) is 4.95. The van der Waals surface area contributed by atoms with Crippen molar-refractivity contribution in [2.24, 2.45) is 0 Å². The Morgan fingerprint density at radius 2 is 1.76 bits per heavy atom. The lowest BCUT2D eigenvalue weighted by Gasteiger charge is -2.31. The molecule has 3 aromatic rings. The molecule has 0 N–H and O–H groups in total. The predicted molar refractivity (Wildman–Crippen MR) is 131 cm³/mol. The summed E-state index contributed by atoms with van der Waals surface area (Å²) in [5.41, 5.74) is 0.0767. The third-order valence-electron chi connectivity index (χ3n) is 6.18. The summed E-state index contributed by atoms with van der Waals surface area (Å²) in [5, 5.41) is 0. The number of hydrogen-bond acceptors (Lipinski definition) is 8. The molecule has 0 unspecified atom stereocenters. The van der Waals surface area contributed by atoms with Crippen LogP contribution in [0.4, 0.5) is 24.8 Å². The number of benzene rings is 1. The molecule has 38 heavy (non-hydrogen) atoms. The summed E-state index contributed by atoms with van der Waals surface area (Å²) in [6.45, 7) is 2.33. The van der Waals surface area contributed by atoms with E-state index in [-0.39, 0.29) is 54.3 Å². The van der Waals surface area contributed by atoms with Gasteiger partial charge in [0.05, 0.1) is 37.6 Å². The maximum absolute atomic E-state index is 13.4. The first-order chi connectivity index (χ1) is 18.1. The van der Waals surface area contributed by atoms with E-state index in [0.29, 0.717) is 17.9 Å². The molecule has 0 saturated carbocycles. The number of pyridine rings is 1. The van der Waals surface area contributed by atoms with Crippen LogP contribution in [-0.4, -0.2) is 59.9 Å². The fraction of sp³-hybridized carbons (Fsp3) is 0.360. The Bertz CT molecular complexity index is 1390. The summed E-state index contributed by atoms with van der Waals surface area (Å²) in [4.78, 5) is 43.9. The van der Waals surface area contributed by atoms with Crippen molar-refractivity contribution in [2.45, 2.75) is 26.1 Å². The molecular formula is C25H26F3N5O5. The molecule has 1 aromatic carbocycles. The fourth-order valence-corrected chi connectivity index (χ4v) is 4.25. The normalized spacial score (nSPS) is 13.1. The van der Waals surface area contributed by atoms with E-state index in [2.05, 4.69) is 9.97 Å². The van der Waals surface area contributed by atoms with Crippen molar-refractivity contribution in [1.29, 1.82) is 0 Å². The lowest BCUT2D eigenvalue weighted by atomic mass is 10.1. The highest BCUT2D eigenvalue weighted by Crippen LogP contribution is 2.32. The summed E-state index contributed by atoms with van der Waals surface area (Å²) >= 11 is 0. The zero-order chi connectivity index (χ0) is 27.6. The lowest BCUT2D eigenvalue weighted by Crippen LogP contribution is -2.43. The molecule has 202 valence electrons. The Kier molecular flexibility index (Phi) is 7.46. The van der Waals surface area contributed by atoms with Gasteiger partial charge in [0.25, 0.3) is 11.5 Å². The number of ether oxygens (including phenoxy) is 2. The molecule has 0 saturated heterocycles. The minimum Gasteiger partial charge on any atom is -0.481 e. The zero-order valence-electron chi connectivity index (χ0n) is 21.2. The molecule has 0 spiro atoms. The standard InChI is InChI=1S/C25H26F3N5O5/c1-5-32(16-8-6-15(7-9-16)25(26,27)28)24-29-19-12-13-31(14-18(19)23(35)33(24)38-4)22(34)17-10-11-20(36-2)30-21(17)37-3/h6-11H,5,12-14H2,1-4H3. The van der Waals surface area contributed by atoms with Gasteiger partial charge in [-0.15, -0.1) is 4.73 Å². The number of carbonyl (C=O) groups excluding carboxylic acids is 1. The predicted octanol–water partition coefficient (Wildman–Crippen LogP) is 3.09. The maximum Gasteiger partial charge on any atom is 0.416 e. The van der Waals surface area contributed by atoms with Crippen molar-refractivity contribution in [2.75, 3.05) is 39.3 Å². The molecule has 1 amide bonds. The second kappa shape index (κ2) is 10.6. The summed E-state index contributed by atoms with van der Waals surface area (Å²) in [6, 6.07) is 7.65. The number of halogens is 3. The van der Waals surface area contributed by atoms with Gasteiger partial charge in [0.1, 0.15) is 12.7 Å². The van der Waals surface area contributed by atoms with Crippen molar-refractivity contribution >= 4 is 17.5 Å². The van der Waals surface area contributed by atoms with E-state index in [1.807, 2.05) is 0 Å². The van der Waals surface area contributed by atoms with E-state index in [4.69, 9.17) is 14.3 Å². The highest BCUT2D eigenvalue weighted by atomic mass is 19.4. The third-order valence-corrected chi connectivity index (χ3v) is 6.18. The first-order valence-electron chi connectivity index (χ1n) is 11.6. The van der Waals surface area contributed by atoms with Crippen LogP contribution in [0.25, 0.3) is 0 Å². The molecule has 0 radical (unpaired) electrons. The molecule has 13 heteroatoms. The monoisotopic (exact) mass is 533 g/mol. The van der Waals surface area contributed by atoms with E-state index in [9.17, 15) is 22.8 Å². The van der Waals surface area contributed by atoms with Crippen molar-refractivity contribution in [3.8, 4) is 11.8 Å². The van der Waals surface area contributed by atoms with Crippen molar-refractivity contribution in [1.82, 2.24) is 19.6 Å². The molecule has 4 rings (SSSR count). The van der Waals surface area contributed by atoms with E-state index in [1.165, 1.54) is 38.4 Å². The number of fused-ring (bicyclic) bond motifs is 1. The lowest BCUT2D eigenvalue weighted by molar-refractivity contribution is -0.137. The topological polar surface area (TPSA) is 99.0 Å². The number of rotatable bonds is 7. The quantitative estimate of drug-likeness (QED) is 0.457. The first kappa shape index (κ1) is 26.8. The van der Waals surface area contributed by atoms with Gasteiger partial charge in [-0.05, 0) is 37.3 Å². The van der Waals surface area contributed by atoms with Gasteiger partial charge in [0, 0.05) is 31.3 Å². The zero-order valence-corrected chi connectivity index (χ0v) is 21.2. The number of hydrogen-bond donors (Lipinski definition) is 0. The maximum atomic E-state index is 13.4. The van der Waals surface area contributed by atoms with Gasteiger partial charge >= 0.3 is 6.18 Å². The van der Waals surface area contributed by atoms with Crippen LogP contribution >= 0.6 is 0 Å². The molecule has 0 atom stereocenters. The minimum atomic E-state index is -4.47. The Morgan fingerprint density at radius 1 is 1.05 bits per heavy atom. The number of aromatic nitrogens is 3. The van der Waals surface area contributed by atoms with Gasteiger partial charge in [0.15, 0.2) is 0 Å². The van der Waals surface area contributed by atoms with Gasteiger partial charge in [-0.25, -0.2) is 4.98 Å². The van der Waals surface area contributed by atoms with E-state index in [0.717, 1.165) is 16.9 Å². The van der Waals surface area contributed by atoms with E-state index < -0.39 is 17.3 Å². The second-order valence-corrected chi connectivity index (χ2v) is 8.30. The smallest absolute Gasteiger partial charge is 0.416 e. The molecule has 2 aromatic heterocycles. The van der Waals surface area contributed by atoms with Gasteiger partial charge in [-0.2, -0.15) is 18.2 Å². The molecule has 10 nitrogen and oxygen atoms in total. The highest BCUT2D eigenvalue weighted by Gasteiger charge is 2.32. The van der Waals surface area contributed by atoms with Crippen molar-refractivity contribution < 1.29 is 32.3 Å². The van der Waals surface area contributed by atoms with Crippen LogP contribution in [-0.2, 0) is 19.1 Å². The molecule has 3 heterocycles. The van der Waals surface area contributed by atoms with E-state index >= 15 is 0 Å². The first-order valence-corrected chi connectivity index (χ1v) is 11.6. The largest absolute Gasteiger partial charge is 0.481 e. The summed E-state index contributed by atoms with van der Waals surface area (Å²) in [6.07, 6.45) is -4.19. The molecule has 1 aliphatic rings. The number of anilines is 2. The Morgan fingerprint density at radius 3 is 2.34 bits per heavy atom. The molecular weight excluding hydrogens is 507 g/mol. The Hall–Kier alpha value is -4.29.